The van der Waals surface area contributed by atoms with Crippen LogP contribution >= 0.6 is 0 Å². The standard InChI is InChI=1S/C17H25NO4/c1-3-4-5-6-7-12-22-15-10-8-14(9-11-15)16(19)18-13(2)17(20)21/h8-11,13H,3-7,12H2,1-2H3,(H,18,19)(H,20,21)/t13-/m0/s1. The maximum atomic E-state index is 11.8. The molecule has 0 spiro atoms. The molecular weight excluding hydrogens is 282 g/mol. The smallest absolute Gasteiger partial charge is 0.325 e. The van der Waals surface area contributed by atoms with E-state index in [1.807, 2.05) is 0 Å². The third kappa shape index (κ3) is 6.61. The van der Waals surface area contributed by atoms with Crippen molar-refractivity contribution in [3.05, 3.63) is 29.8 Å². The minimum Gasteiger partial charge on any atom is -0.494 e. The summed E-state index contributed by atoms with van der Waals surface area (Å²) in [4.78, 5) is 22.5. The van der Waals surface area contributed by atoms with Crippen LogP contribution in [0.3, 0.4) is 0 Å². The molecule has 5 nitrogen and oxygen atoms in total. The fourth-order valence-electron chi connectivity index (χ4n) is 1.94. The Balaban J connectivity index is 2.36. The summed E-state index contributed by atoms with van der Waals surface area (Å²) in [6.45, 7) is 4.28. The molecule has 5 heteroatoms. The molecule has 0 fully saturated rings. The second-order valence-electron chi connectivity index (χ2n) is 5.32. The fraction of sp³-hybridized carbons (Fsp3) is 0.529. The zero-order valence-corrected chi connectivity index (χ0v) is 13.3. The third-order valence-corrected chi connectivity index (χ3v) is 3.35. The van der Waals surface area contributed by atoms with Crippen LogP contribution in [0.15, 0.2) is 24.3 Å². The summed E-state index contributed by atoms with van der Waals surface area (Å²) in [5, 5.41) is 11.2. The van der Waals surface area contributed by atoms with E-state index in [1.54, 1.807) is 24.3 Å². The molecule has 0 radical (unpaired) electrons. The predicted molar refractivity (Wildman–Crippen MR) is 85.3 cm³/mol. The summed E-state index contributed by atoms with van der Waals surface area (Å²) in [6.07, 6.45) is 5.92. The van der Waals surface area contributed by atoms with Gasteiger partial charge in [0.15, 0.2) is 0 Å². The number of hydrogen-bond donors (Lipinski definition) is 2. The first-order chi connectivity index (χ1) is 10.5. The summed E-state index contributed by atoms with van der Waals surface area (Å²) in [6, 6.07) is 5.82. The van der Waals surface area contributed by atoms with Crippen molar-refractivity contribution in [1.29, 1.82) is 0 Å². The first kappa shape index (κ1) is 18.0. The van der Waals surface area contributed by atoms with Crippen molar-refractivity contribution in [3.8, 4) is 5.75 Å². The van der Waals surface area contributed by atoms with Crippen LogP contribution in [0, 0.1) is 0 Å². The summed E-state index contributed by atoms with van der Waals surface area (Å²) < 4.78 is 5.61. The molecule has 0 heterocycles. The molecule has 1 rings (SSSR count). The Morgan fingerprint density at radius 3 is 2.36 bits per heavy atom. The summed E-state index contributed by atoms with van der Waals surface area (Å²) >= 11 is 0. The van der Waals surface area contributed by atoms with Crippen LogP contribution in [0.25, 0.3) is 0 Å². The largest absolute Gasteiger partial charge is 0.494 e. The van der Waals surface area contributed by atoms with Gasteiger partial charge in [0.1, 0.15) is 11.8 Å². The highest BCUT2D eigenvalue weighted by molar-refractivity contribution is 5.96. The van der Waals surface area contributed by atoms with Gasteiger partial charge in [-0.15, -0.1) is 0 Å². The molecule has 2 N–H and O–H groups in total. The van der Waals surface area contributed by atoms with E-state index < -0.39 is 17.9 Å². The molecule has 122 valence electrons. The van der Waals surface area contributed by atoms with Gasteiger partial charge < -0.3 is 15.2 Å². The van der Waals surface area contributed by atoms with Crippen LogP contribution in [0.1, 0.15) is 56.3 Å². The lowest BCUT2D eigenvalue weighted by molar-refractivity contribution is -0.138. The summed E-state index contributed by atoms with van der Waals surface area (Å²) in [5.41, 5.74) is 0.420. The molecular formula is C17H25NO4. The van der Waals surface area contributed by atoms with Gasteiger partial charge in [-0.3, -0.25) is 9.59 Å². The maximum Gasteiger partial charge on any atom is 0.325 e. The van der Waals surface area contributed by atoms with E-state index in [4.69, 9.17) is 9.84 Å². The predicted octanol–water partition coefficient (Wildman–Crippen LogP) is 3.24. The Bertz CT molecular complexity index is 470. The number of ether oxygens (including phenoxy) is 1. The lowest BCUT2D eigenvalue weighted by Crippen LogP contribution is -2.38. The van der Waals surface area contributed by atoms with Gasteiger partial charge in [0.2, 0.25) is 0 Å². The lowest BCUT2D eigenvalue weighted by Gasteiger charge is -2.10. The fourth-order valence-corrected chi connectivity index (χ4v) is 1.94. The van der Waals surface area contributed by atoms with Crippen molar-refractivity contribution >= 4 is 11.9 Å². The monoisotopic (exact) mass is 307 g/mol. The first-order valence-corrected chi connectivity index (χ1v) is 7.81. The average molecular weight is 307 g/mol. The quantitative estimate of drug-likeness (QED) is 0.651. The molecule has 0 aliphatic rings. The number of rotatable bonds is 10. The molecule has 1 aromatic carbocycles. The normalized spacial score (nSPS) is 11.7. The average Bonchev–Trinajstić information content (AvgIpc) is 2.51. The number of nitrogens with one attached hydrogen (secondary N) is 1. The SMILES string of the molecule is CCCCCCCOc1ccc(C(=O)N[C@@H](C)C(=O)O)cc1. The van der Waals surface area contributed by atoms with Gasteiger partial charge in [0, 0.05) is 5.56 Å². The van der Waals surface area contributed by atoms with Gasteiger partial charge >= 0.3 is 5.97 Å². The van der Waals surface area contributed by atoms with Gasteiger partial charge in [-0.25, -0.2) is 0 Å². The zero-order chi connectivity index (χ0) is 16.4. The highest BCUT2D eigenvalue weighted by Crippen LogP contribution is 2.13. The molecule has 0 aliphatic carbocycles. The third-order valence-electron chi connectivity index (χ3n) is 3.35. The van der Waals surface area contributed by atoms with E-state index in [0.29, 0.717) is 12.2 Å². The number of unbranched alkanes of at least 4 members (excludes halogenated alkanes) is 4. The Hall–Kier alpha value is -2.04. The van der Waals surface area contributed by atoms with Crippen molar-refractivity contribution in [1.82, 2.24) is 5.32 Å². The van der Waals surface area contributed by atoms with Crippen LogP contribution in [-0.2, 0) is 4.79 Å². The number of carboxylic acids is 1. The topological polar surface area (TPSA) is 75.6 Å². The summed E-state index contributed by atoms with van der Waals surface area (Å²) in [7, 11) is 0. The molecule has 1 atom stereocenters. The van der Waals surface area contributed by atoms with E-state index in [1.165, 1.54) is 32.6 Å². The molecule has 22 heavy (non-hydrogen) atoms. The number of carboxylic acid groups (broad SMARTS) is 1. The minimum absolute atomic E-state index is 0.402. The Morgan fingerprint density at radius 1 is 1.14 bits per heavy atom. The molecule has 1 aromatic rings. The zero-order valence-electron chi connectivity index (χ0n) is 13.3. The van der Waals surface area contributed by atoms with Crippen LogP contribution in [0.4, 0.5) is 0 Å². The Kier molecular flexibility index (Phi) is 8.04. The van der Waals surface area contributed by atoms with Crippen LogP contribution < -0.4 is 10.1 Å². The maximum absolute atomic E-state index is 11.8. The number of carbonyl (C=O) groups is 2. The van der Waals surface area contributed by atoms with Gasteiger partial charge in [-0.2, -0.15) is 0 Å². The van der Waals surface area contributed by atoms with Gasteiger partial charge in [-0.05, 0) is 37.6 Å². The first-order valence-electron chi connectivity index (χ1n) is 7.81. The number of carbonyl (C=O) groups excluding carboxylic acids is 1. The van der Waals surface area contributed by atoms with E-state index in [9.17, 15) is 9.59 Å². The van der Waals surface area contributed by atoms with Gasteiger partial charge in [-0.1, -0.05) is 32.6 Å². The second-order valence-corrected chi connectivity index (χ2v) is 5.32. The minimum atomic E-state index is -1.06. The number of benzene rings is 1. The highest BCUT2D eigenvalue weighted by atomic mass is 16.5. The molecule has 0 saturated carbocycles. The van der Waals surface area contributed by atoms with Crippen LogP contribution in [0.5, 0.6) is 5.75 Å². The number of aliphatic carboxylic acids is 1. The highest BCUT2D eigenvalue weighted by Gasteiger charge is 2.15. The van der Waals surface area contributed by atoms with Gasteiger partial charge in [0.25, 0.3) is 5.91 Å². The molecule has 0 bridgehead atoms. The number of hydrogen-bond acceptors (Lipinski definition) is 3. The van der Waals surface area contributed by atoms with Crippen molar-refractivity contribution in [3.63, 3.8) is 0 Å². The molecule has 0 saturated heterocycles. The van der Waals surface area contributed by atoms with Crippen molar-refractivity contribution in [2.45, 2.75) is 52.0 Å². The van der Waals surface area contributed by atoms with Crippen molar-refractivity contribution in [2.24, 2.45) is 0 Å². The van der Waals surface area contributed by atoms with E-state index >= 15 is 0 Å². The van der Waals surface area contributed by atoms with E-state index in [2.05, 4.69) is 12.2 Å². The summed E-state index contributed by atoms with van der Waals surface area (Å²) in [5.74, 6) is -0.740. The second kappa shape index (κ2) is 9.82. The molecule has 0 aromatic heterocycles. The lowest BCUT2D eigenvalue weighted by atomic mass is 10.1. The van der Waals surface area contributed by atoms with Crippen LogP contribution in [0.2, 0.25) is 0 Å². The van der Waals surface area contributed by atoms with Crippen LogP contribution in [-0.4, -0.2) is 29.6 Å². The Labute approximate surface area is 131 Å². The van der Waals surface area contributed by atoms with Gasteiger partial charge in [0.05, 0.1) is 6.61 Å². The Morgan fingerprint density at radius 2 is 1.77 bits per heavy atom. The van der Waals surface area contributed by atoms with Crippen molar-refractivity contribution < 1.29 is 19.4 Å². The molecule has 1 amide bonds. The van der Waals surface area contributed by atoms with E-state index in [0.717, 1.165) is 12.2 Å². The number of amides is 1. The van der Waals surface area contributed by atoms with Crippen molar-refractivity contribution in [2.75, 3.05) is 6.61 Å². The molecule has 0 aliphatic heterocycles. The van der Waals surface area contributed by atoms with E-state index in [-0.39, 0.29) is 0 Å². The molecule has 0 unspecified atom stereocenters.